The third-order valence-corrected chi connectivity index (χ3v) is 6.23. The van der Waals surface area contributed by atoms with Crippen LogP contribution in [0.1, 0.15) is 142 Å². The standard InChI is InChI=1S/C26H56N.CH2O3/c1-5-7-9-11-13-15-17-19-21-23-25-27(3,4)26-24-22-20-18-16-14-12-10-8-6-2;2-1(3)4/h5-26H2,1-4H3;(H2,2,3,4)/q+1;. The molecule has 0 aliphatic carbocycles. The molecule has 31 heavy (non-hydrogen) atoms. The average Bonchev–Trinajstić information content (AvgIpc) is 2.70. The van der Waals surface area contributed by atoms with Crippen molar-refractivity contribution in [2.45, 2.75) is 142 Å². The third kappa shape index (κ3) is 34.0. The number of hydrogen-bond donors (Lipinski definition) is 2. The van der Waals surface area contributed by atoms with E-state index in [0.29, 0.717) is 0 Å². The van der Waals surface area contributed by atoms with Crippen LogP contribution in [0.3, 0.4) is 0 Å². The number of quaternary nitrogens is 1. The first kappa shape index (κ1) is 32.4. The summed E-state index contributed by atoms with van der Waals surface area (Å²) in [6, 6.07) is 0. The molecule has 4 nitrogen and oxygen atoms in total. The van der Waals surface area contributed by atoms with E-state index in [9.17, 15) is 0 Å². The second-order valence-electron chi connectivity index (χ2n) is 10.0. The molecule has 0 aliphatic rings. The number of hydrogen-bond acceptors (Lipinski definition) is 1. The van der Waals surface area contributed by atoms with Crippen LogP contribution in [-0.4, -0.2) is 48.0 Å². The molecule has 0 aromatic carbocycles. The van der Waals surface area contributed by atoms with Crippen molar-refractivity contribution in [3.8, 4) is 0 Å². The molecular weight excluding hydrogens is 386 g/mol. The normalized spacial score (nSPS) is 11.2. The van der Waals surface area contributed by atoms with Gasteiger partial charge in [-0.05, 0) is 25.7 Å². The van der Waals surface area contributed by atoms with E-state index in [2.05, 4.69) is 27.9 Å². The average molecular weight is 445 g/mol. The molecule has 4 heteroatoms. The molecule has 188 valence electrons. The van der Waals surface area contributed by atoms with Crippen LogP contribution in [-0.2, 0) is 0 Å². The number of rotatable bonds is 22. The van der Waals surface area contributed by atoms with Gasteiger partial charge in [0.2, 0.25) is 0 Å². The van der Waals surface area contributed by atoms with Gasteiger partial charge in [0, 0.05) is 0 Å². The van der Waals surface area contributed by atoms with Gasteiger partial charge in [0.05, 0.1) is 27.2 Å². The van der Waals surface area contributed by atoms with Gasteiger partial charge >= 0.3 is 6.16 Å². The SMILES string of the molecule is CCCCCCCCCCCC[N+](C)(C)CCCCCCCCCCCC.O=C(O)O. The predicted octanol–water partition coefficient (Wildman–Crippen LogP) is 9.13. The highest BCUT2D eigenvalue weighted by Crippen LogP contribution is 2.14. The van der Waals surface area contributed by atoms with Crippen LogP contribution >= 0.6 is 0 Å². The summed E-state index contributed by atoms with van der Waals surface area (Å²) >= 11 is 0. The fourth-order valence-electron chi connectivity index (χ4n) is 4.17. The predicted molar refractivity (Wildman–Crippen MR) is 136 cm³/mol. The summed E-state index contributed by atoms with van der Waals surface area (Å²) in [5.41, 5.74) is 0. The lowest BCUT2D eigenvalue weighted by molar-refractivity contribution is -0.890. The monoisotopic (exact) mass is 444 g/mol. The van der Waals surface area contributed by atoms with Crippen LogP contribution < -0.4 is 0 Å². The first-order valence-corrected chi connectivity index (χ1v) is 13.6. The molecule has 2 N–H and O–H groups in total. The first-order chi connectivity index (χ1) is 14.9. The molecule has 0 amide bonds. The van der Waals surface area contributed by atoms with Gasteiger partial charge in [-0.15, -0.1) is 0 Å². The van der Waals surface area contributed by atoms with Crippen molar-refractivity contribution >= 4 is 6.16 Å². The van der Waals surface area contributed by atoms with Crippen molar-refractivity contribution in [1.29, 1.82) is 0 Å². The van der Waals surface area contributed by atoms with E-state index in [4.69, 9.17) is 15.0 Å². The van der Waals surface area contributed by atoms with E-state index in [1.165, 1.54) is 146 Å². The molecule has 0 saturated carbocycles. The van der Waals surface area contributed by atoms with E-state index in [-0.39, 0.29) is 0 Å². The van der Waals surface area contributed by atoms with Gasteiger partial charge in [-0.25, -0.2) is 4.79 Å². The second kappa shape index (κ2) is 25.5. The van der Waals surface area contributed by atoms with Crippen LogP contribution in [0.5, 0.6) is 0 Å². The maximum absolute atomic E-state index is 8.56. The lowest BCUT2D eigenvalue weighted by atomic mass is 10.1. The number of nitrogens with zero attached hydrogens (tertiary/aromatic N) is 1. The Morgan fingerprint density at radius 3 is 0.903 bits per heavy atom. The van der Waals surface area contributed by atoms with Crippen LogP contribution in [0.4, 0.5) is 4.79 Å². The fraction of sp³-hybridized carbons (Fsp3) is 0.963. The molecule has 0 aromatic rings. The highest BCUT2D eigenvalue weighted by Gasteiger charge is 2.13. The smallest absolute Gasteiger partial charge is 0.450 e. The van der Waals surface area contributed by atoms with Crippen molar-refractivity contribution in [2.75, 3.05) is 27.2 Å². The van der Waals surface area contributed by atoms with Crippen molar-refractivity contribution in [3.63, 3.8) is 0 Å². The molecule has 0 aliphatic heterocycles. The van der Waals surface area contributed by atoms with Crippen LogP contribution in [0, 0.1) is 0 Å². The lowest BCUT2D eigenvalue weighted by Gasteiger charge is -2.30. The molecule has 0 rings (SSSR count). The van der Waals surface area contributed by atoms with Gasteiger partial charge in [0.1, 0.15) is 0 Å². The van der Waals surface area contributed by atoms with Gasteiger partial charge in [-0.2, -0.15) is 0 Å². The summed E-state index contributed by atoms with van der Waals surface area (Å²) in [6.45, 7) is 7.37. The van der Waals surface area contributed by atoms with E-state index in [0.717, 1.165) is 0 Å². The Hall–Kier alpha value is -0.770. The van der Waals surface area contributed by atoms with Gasteiger partial charge in [-0.3, -0.25) is 0 Å². The Morgan fingerprint density at radius 1 is 0.484 bits per heavy atom. The van der Waals surface area contributed by atoms with Gasteiger partial charge in [0.15, 0.2) is 0 Å². The zero-order valence-electron chi connectivity index (χ0n) is 21.8. The van der Waals surface area contributed by atoms with E-state index in [1.54, 1.807) is 0 Å². The quantitative estimate of drug-likeness (QED) is 0.129. The number of unbranched alkanes of at least 4 members (excludes halogenated alkanes) is 18. The lowest BCUT2D eigenvalue weighted by Crippen LogP contribution is -2.41. The molecule has 0 saturated heterocycles. The van der Waals surface area contributed by atoms with E-state index in [1.807, 2.05) is 0 Å². The topological polar surface area (TPSA) is 57.5 Å². The fourth-order valence-corrected chi connectivity index (χ4v) is 4.17. The minimum Gasteiger partial charge on any atom is -0.450 e. The second-order valence-corrected chi connectivity index (χ2v) is 10.0. The van der Waals surface area contributed by atoms with Gasteiger partial charge in [0.25, 0.3) is 0 Å². The van der Waals surface area contributed by atoms with Crippen molar-refractivity contribution < 1.29 is 19.5 Å². The van der Waals surface area contributed by atoms with Crippen molar-refractivity contribution in [2.24, 2.45) is 0 Å². The molecule has 0 bridgehead atoms. The maximum atomic E-state index is 8.56. The zero-order valence-corrected chi connectivity index (χ0v) is 21.8. The number of carboxylic acid groups (broad SMARTS) is 2. The third-order valence-electron chi connectivity index (χ3n) is 6.23. The van der Waals surface area contributed by atoms with Crippen molar-refractivity contribution in [1.82, 2.24) is 0 Å². The van der Waals surface area contributed by atoms with Crippen LogP contribution in [0.25, 0.3) is 0 Å². The maximum Gasteiger partial charge on any atom is 0.503 e. The summed E-state index contributed by atoms with van der Waals surface area (Å²) in [6.07, 6.45) is 27.2. The molecule has 0 aromatic heterocycles. The Morgan fingerprint density at radius 2 is 0.677 bits per heavy atom. The molecule has 0 fully saturated rings. The van der Waals surface area contributed by atoms with E-state index < -0.39 is 6.16 Å². The Bertz CT molecular complexity index is 328. The van der Waals surface area contributed by atoms with Gasteiger partial charge < -0.3 is 14.7 Å². The summed E-state index contributed by atoms with van der Waals surface area (Å²) in [5, 5.41) is 13.9. The Balaban J connectivity index is 0. The molecule has 0 unspecified atom stereocenters. The zero-order chi connectivity index (χ0) is 23.6. The molecule has 0 spiro atoms. The van der Waals surface area contributed by atoms with Crippen molar-refractivity contribution in [3.05, 3.63) is 0 Å². The Kier molecular flexibility index (Phi) is 26.6. The van der Waals surface area contributed by atoms with Crippen LogP contribution in [0.15, 0.2) is 0 Å². The summed E-state index contributed by atoms with van der Waals surface area (Å²) in [7, 11) is 4.89. The highest BCUT2D eigenvalue weighted by atomic mass is 16.6. The molecule has 0 atom stereocenters. The first-order valence-electron chi connectivity index (χ1n) is 13.6. The summed E-state index contributed by atoms with van der Waals surface area (Å²) in [4.78, 5) is 8.56. The minimum absolute atomic E-state index is 1.24. The largest absolute Gasteiger partial charge is 0.503 e. The highest BCUT2D eigenvalue weighted by molar-refractivity contribution is 5.53. The summed E-state index contributed by atoms with van der Waals surface area (Å²) in [5.74, 6) is 0. The summed E-state index contributed by atoms with van der Waals surface area (Å²) < 4.78 is 1.24. The minimum atomic E-state index is -1.83. The van der Waals surface area contributed by atoms with Gasteiger partial charge in [-0.1, -0.05) is 117 Å². The molecular formula is C27H58NO3+. The number of carbonyl (C=O) groups is 1. The van der Waals surface area contributed by atoms with Crippen LogP contribution in [0.2, 0.25) is 0 Å². The molecule has 0 radical (unpaired) electrons. The van der Waals surface area contributed by atoms with E-state index >= 15 is 0 Å². The molecule has 0 heterocycles. The Labute approximate surface area is 195 Å².